The standard InChI is InChI=1S/C13H15FN4O2S/c1-9(11-5-3-4-6-12(11)14)18-21(19,20)10-7-16-13(15-2)17-8-10/h3-9,18H,1-2H3,(H,15,16,17). The fourth-order valence-corrected chi connectivity index (χ4v) is 2.89. The van der Waals surface area contributed by atoms with Gasteiger partial charge in [0, 0.05) is 18.7 Å². The molecule has 6 nitrogen and oxygen atoms in total. The van der Waals surface area contributed by atoms with Gasteiger partial charge in [0.1, 0.15) is 10.7 Å². The van der Waals surface area contributed by atoms with Crippen molar-refractivity contribution in [2.75, 3.05) is 12.4 Å². The minimum absolute atomic E-state index is 0.0790. The lowest BCUT2D eigenvalue weighted by atomic mass is 10.1. The van der Waals surface area contributed by atoms with E-state index < -0.39 is 21.9 Å². The van der Waals surface area contributed by atoms with Gasteiger partial charge in [-0.05, 0) is 13.0 Å². The van der Waals surface area contributed by atoms with Crippen molar-refractivity contribution in [3.8, 4) is 0 Å². The SMILES string of the molecule is CNc1ncc(S(=O)(=O)NC(C)c2ccccc2F)cn1. The van der Waals surface area contributed by atoms with Crippen LogP contribution in [0.2, 0.25) is 0 Å². The normalized spacial score (nSPS) is 12.9. The molecule has 0 aliphatic rings. The number of rotatable bonds is 5. The Morgan fingerprint density at radius 3 is 2.38 bits per heavy atom. The van der Waals surface area contributed by atoms with Crippen LogP contribution in [-0.2, 0) is 10.0 Å². The molecule has 0 bridgehead atoms. The van der Waals surface area contributed by atoms with Gasteiger partial charge < -0.3 is 5.32 Å². The summed E-state index contributed by atoms with van der Waals surface area (Å²) in [6, 6.07) is 5.30. The number of hydrogen-bond donors (Lipinski definition) is 2. The zero-order chi connectivity index (χ0) is 15.5. The second-order valence-corrected chi connectivity index (χ2v) is 6.07. The maximum absolute atomic E-state index is 13.6. The predicted molar refractivity (Wildman–Crippen MR) is 76.7 cm³/mol. The van der Waals surface area contributed by atoms with Crippen LogP contribution in [0, 0.1) is 5.82 Å². The van der Waals surface area contributed by atoms with Crippen molar-refractivity contribution in [1.82, 2.24) is 14.7 Å². The number of aromatic nitrogens is 2. The van der Waals surface area contributed by atoms with Crippen LogP contribution in [0.1, 0.15) is 18.5 Å². The molecule has 8 heteroatoms. The largest absolute Gasteiger partial charge is 0.357 e. The van der Waals surface area contributed by atoms with Gasteiger partial charge in [-0.3, -0.25) is 0 Å². The molecule has 112 valence electrons. The van der Waals surface area contributed by atoms with Crippen molar-refractivity contribution in [1.29, 1.82) is 0 Å². The maximum atomic E-state index is 13.6. The Hall–Kier alpha value is -2.06. The number of halogens is 1. The van der Waals surface area contributed by atoms with Crippen molar-refractivity contribution in [2.45, 2.75) is 17.9 Å². The number of nitrogens with one attached hydrogen (secondary N) is 2. The molecule has 0 aliphatic carbocycles. The average molecular weight is 310 g/mol. The van der Waals surface area contributed by atoms with Gasteiger partial charge in [0.25, 0.3) is 0 Å². The first-order chi connectivity index (χ1) is 9.94. The highest BCUT2D eigenvalue weighted by Crippen LogP contribution is 2.19. The molecular weight excluding hydrogens is 295 g/mol. The highest BCUT2D eigenvalue weighted by Gasteiger charge is 2.20. The Bertz CT molecular complexity index is 719. The van der Waals surface area contributed by atoms with Gasteiger partial charge in [0.2, 0.25) is 16.0 Å². The summed E-state index contributed by atoms with van der Waals surface area (Å²) in [6.07, 6.45) is 2.38. The van der Waals surface area contributed by atoms with Crippen LogP contribution in [0.3, 0.4) is 0 Å². The van der Waals surface area contributed by atoms with E-state index >= 15 is 0 Å². The molecule has 0 aliphatic heterocycles. The van der Waals surface area contributed by atoms with Crippen LogP contribution < -0.4 is 10.0 Å². The van der Waals surface area contributed by atoms with Crippen molar-refractivity contribution < 1.29 is 12.8 Å². The van der Waals surface area contributed by atoms with E-state index in [1.165, 1.54) is 24.5 Å². The number of nitrogens with zero attached hydrogens (tertiary/aromatic N) is 2. The van der Waals surface area contributed by atoms with Crippen molar-refractivity contribution >= 4 is 16.0 Å². The summed E-state index contributed by atoms with van der Waals surface area (Å²) in [5, 5.41) is 2.69. The van der Waals surface area contributed by atoms with Crippen LogP contribution in [-0.4, -0.2) is 25.4 Å². The van der Waals surface area contributed by atoms with Gasteiger partial charge in [0.15, 0.2) is 0 Å². The average Bonchev–Trinajstić information content (AvgIpc) is 2.47. The van der Waals surface area contributed by atoms with Crippen molar-refractivity contribution in [3.05, 3.63) is 48.0 Å². The molecule has 0 saturated heterocycles. The molecule has 1 atom stereocenters. The maximum Gasteiger partial charge on any atom is 0.244 e. The lowest BCUT2D eigenvalue weighted by Crippen LogP contribution is -2.27. The first-order valence-electron chi connectivity index (χ1n) is 6.20. The highest BCUT2D eigenvalue weighted by atomic mass is 32.2. The first kappa shape index (κ1) is 15.3. The van der Waals surface area contributed by atoms with Gasteiger partial charge in [-0.15, -0.1) is 0 Å². The Balaban J connectivity index is 2.22. The molecule has 2 aromatic rings. The molecule has 1 aromatic heterocycles. The lowest BCUT2D eigenvalue weighted by molar-refractivity contribution is 0.549. The second kappa shape index (κ2) is 6.15. The molecule has 1 unspecified atom stereocenters. The molecule has 2 rings (SSSR count). The van der Waals surface area contributed by atoms with E-state index in [1.807, 2.05) is 0 Å². The summed E-state index contributed by atoms with van der Waals surface area (Å²) in [6.45, 7) is 1.57. The Morgan fingerprint density at radius 2 is 1.81 bits per heavy atom. The third-order valence-corrected chi connectivity index (χ3v) is 4.36. The molecule has 0 saturated carbocycles. The zero-order valence-corrected chi connectivity index (χ0v) is 12.4. The summed E-state index contributed by atoms with van der Waals surface area (Å²) in [4.78, 5) is 7.61. The summed E-state index contributed by atoms with van der Waals surface area (Å²) < 4.78 is 40.4. The monoisotopic (exact) mass is 310 g/mol. The van der Waals surface area contributed by atoms with Gasteiger partial charge in [-0.25, -0.2) is 27.5 Å². The molecule has 0 radical (unpaired) electrons. The minimum Gasteiger partial charge on any atom is -0.357 e. The quantitative estimate of drug-likeness (QED) is 0.878. The van der Waals surface area contributed by atoms with E-state index in [4.69, 9.17) is 0 Å². The third kappa shape index (κ3) is 3.53. The predicted octanol–water partition coefficient (Wildman–Crippen LogP) is 1.70. The number of anilines is 1. The van der Waals surface area contributed by atoms with E-state index in [-0.39, 0.29) is 10.5 Å². The lowest BCUT2D eigenvalue weighted by Gasteiger charge is -2.15. The first-order valence-corrected chi connectivity index (χ1v) is 7.69. The molecule has 0 spiro atoms. The molecular formula is C13H15FN4O2S. The fraction of sp³-hybridized carbons (Fsp3) is 0.231. The summed E-state index contributed by atoms with van der Waals surface area (Å²) >= 11 is 0. The molecule has 1 heterocycles. The van der Waals surface area contributed by atoms with Gasteiger partial charge in [-0.1, -0.05) is 18.2 Å². The molecule has 2 N–H and O–H groups in total. The van der Waals surface area contributed by atoms with Crippen molar-refractivity contribution in [3.63, 3.8) is 0 Å². The number of hydrogen-bond acceptors (Lipinski definition) is 5. The van der Waals surface area contributed by atoms with Crippen LogP contribution in [0.4, 0.5) is 10.3 Å². The minimum atomic E-state index is -3.82. The van der Waals surface area contributed by atoms with E-state index in [2.05, 4.69) is 20.0 Å². The van der Waals surface area contributed by atoms with E-state index in [0.29, 0.717) is 5.95 Å². The van der Waals surface area contributed by atoms with Crippen LogP contribution in [0.25, 0.3) is 0 Å². The molecule has 21 heavy (non-hydrogen) atoms. The highest BCUT2D eigenvalue weighted by molar-refractivity contribution is 7.89. The molecule has 0 fully saturated rings. The van der Waals surface area contributed by atoms with E-state index in [1.54, 1.807) is 26.1 Å². The number of benzene rings is 1. The summed E-state index contributed by atoms with van der Waals surface area (Å²) in [5.41, 5.74) is 0.272. The van der Waals surface area contributed by atoms with E-state index in [0.717, 1.165) is 0 Å². The van der Waals surface area contributed by atoms with Crippen LogP contribution >= 0.6 is 0 Å². The Morgan fingerprint density at radius 1 is 1.19 bits per heavy atom. The van der Waals surface area contributed by atoms with Gasteiger partial charge >= 0.3 is 0 Å². The van der Waals surface area contributed by atoms with Gasteiger partial charge in [-0.2, -0.15) is 0 Å². The summed E-state index contributed by atoms with van der Waals surface area (Å²) in [5.74, 6) is -0.148. The molecule has 0 amide bonds. The molecule has 1 aromatic carbocycles. The fourth-order valence-electron chi connectivity index (χ4n) is 1.77. The van der Waals surface area contributed by atoms with Gasteiger partial charge in [0.05, 0.1) is 12.4 Å². The number of sulfonamides is 1. The van der Waals surface area contributed by atoms with Crippen LogP contribution in [0.15, 0.2) is 41.6 Å². The Kier molecular flexibility index (Phi) is 4.49. The van der Waals surface area contributed by atoms with E-state index in [9.17, 15) is 12.8 Å². The topological polar surface area (TPSA) is 84.0 Å². The zero-order valence-electron chi connectivity index (χ0n) is 11.5. The van der Waals surface area contributed by atoms with Crippen molar-refractivity contribution in [2.24, 2.45) is 0 Å². The third-order valence-electron chi connectivity index (χ3n) is 2.87. The smallest absolute Gasteiger partial charge is 0.244 e. The Labute approximate surface area is 122 Å². The summed E-state index contributed by atoms with van der Waals surface area (Å²) in [7, 11) is -2.19. The second-order valence-electron chi connectivity index (χ2n) is 4.36. The van der Waals surface area contributed by atoms with Crippen LogP contribution in [0.5, 0.6) is 0 Å².